The van der Waals surface area contributed by atoms with Gasteiger partial charge in [-0.2, -0.15) is 4.37 Å². The van der Waals surface area contributed by atoms with E-state index in [4.69, 9.17) is 0 Å². The van der Waals surface area contributed by atoms with Crippen LogP contribution in [0.5, 0.6) is 0 Å². The average molecular weight is 234 g/mol. The van der Waals surface area contributed by atoms with Crippen LogP contribution in [0.25, 0.3) is 0 Å². The maximum Gasteiger partial charge on any atom is 0.202 e. The smallest absolute Gasteiger partial charge is 0.202 e. The zero-order valence-electron chi connectivity index (χ0n) is 9.40. The van der Waals surface area contributed by atoms with E-state index in [0.29, 0.717) is 0 Å². The van der Waals surface area contributed by atoms with E-state index in [0.717, 1.165) is 23.9 Å². The van der Waals surface area contributed by atoms with Crippen molar-refractivity contribution in [2.75, 3.05) is 5.32 Å². The lowest BCUT2D eigenvalue weighted by atomic mass is 10.2. The van der Waals surface area contributed by atoms with E-state index in [1.54, 1.807) is 0 Å². The van der Waals surface area contributed by atoms with Gasteiger partial charge in [0, 0.05) is 36.9 Å². The predicted octanol–water partition coefficient (Wildman–Crippen LogP) is 2.42. The zero-order valence-corrected chi connectivity index (χ0v) is 10.2. The van der Waals surface area contributed by atoms with Crippen LogP contribution in [-0.4, -0.2) is 14.3 Å². The van der Waals surface area contributed by atoms with Crippen molar-refractivity contribution in [1.29, 1.82) is 0 Å². The van der Waals surface area contributed by atoms with Crippen molar-refractivity contribution in [1.82, 2.24) is 14.3 Å². The summed E-state index contributed by atoms with van der Waals surface area (Å²) in [6, 6.07) is 2.02. The molecule has 16 heavy (non-hydrogen) atoms. The molecule has 2 heterocycles. The molecule has 2 aromatic heterocycles. The number of rotatable bonds is 4. The number of nitrogens with one attached hydrogen (secondary N) is 1. The molecule has 0 radical (unpaired) electrons. The molecule has 5 heteroatoms. The van der Waals surface area contributed by atoms with Crippen LogP contribution in [-0.2, 0) is 13.0 Å². The summed E-state index contributed by atoms with van der Waals surface area (Å²) >= 11 is 1.41. The Morgan fingerprint density at radius 1 is 1.44 bits per heavy atom. The van der Waals surface area contributed by atoms with Gasteiger partial charge in [-0.15, -0.1) is 0 Å². The van der Waals surface area contributed by atoms with Gasteiger partial charge in [-0.25, -0.2) is 4.98 Å². The fraction of sp³-hybridized carbons (Fsp3) is 0.364. The van der Waals surface area contributed by atoms with Crippen molar-refractivity contribution < 1.29 is 0 Å². The molecule has 0 atom stereocenters. The molecule has 0 fully saturated rings. The number of aromatic nitrogens is 3. The fourth-order valence-corrected chi connectivity index (χ4v) is 1.99. The highest BCUT2D eigenvalue weighted by Gasteiger charge is 2.02. The highest BCUT2D eigenvalue weighted by molar-refractivity contribution is 7.09. The van der Waals surface area contributed by atoms with Crippen molar-refractivity contribution in [3.05, 3.63) is 35.4 Å². The van der Waals surface area contributed by atoms with E-state index < -0.39 is 0 Å². The van der Waals surface area contributed by atoms with Gasteiger partial charge in [0.1, 0.15) is 5.82 Å². The normalized spacial score (nSPS) is 10.4. The lowest BCUT2D eigenvalue weighted by Gasteiger charge is -2.04. The first kappa shape index (κ1) is 11.0. The van der Waals surface area contributed by atoms with Crippen molar-refractivity contribution in [2.24, 2.45) is 0 Å². The Labute approximate surface area is 98.9 Å². The Morgan fingerprint density at radius 2 is 2.31 bits per heavy atom. The second kappa shape index (κ2) is 5.03. The SMILES string of the molecule is CCc1nsc(NCc2ccncc2C)n1. The average Bonchev–Trinajstić information content (AvgIpc) is 2.76. The van der Waals surface area contributed by atoms with Crippen LogP contribution < -0.4 is 5.32 Å². The molecule has 2 rings (SSSR count). The van der Waals surface area contributed by atoms with E-state index in [9.17, 15) is 0 Å². The van der Waals surface area contributed by atoms with E-state index in [-0.39, 0.29) is 0 Å². The van der Waals surface area contributed by atoms with Gasteiger partial charge in [0.2, 0.25) is 5.13 Å². The summed E-state index contributed by atoms with van der Waals surface area (Å²) in [5.41, 5.74) is 2.43. The molecule has 0 saturated carbocycles. The van der Waals surface area contributed by atoms with Gasteiger partial charge < -0.3 is 5.32 Å². The Balaban J connectivity index is 1.99. The monoisotopic (exact) mass is 234 g/mol. The van der Waals surface area contributed by atoms with Crippen LogP contribution in [0.1, 0.15) is 23.9 Å². The Morgan fingerprint density at radius 3 is 3.00 bits per heavy atom. The summed E-state index contributed by atoms with van der Waals surface area (Å²) in [5, 5.41) is 4.16. The van der Waals surface area contributed by atoms with Crippen molar-refractivity contribution >= 4 is 16.7 Å². The second-order valence-electron chi connectivity index (χ2n) is 3.53. The van der Waals surface area contributed by atoms with E-state index >= 15 is 0 Å². The Bertz CT molecular complexity index is 467. The molecule has 0 unspecified atom stereocenters. The number of anilines is 1. The summed E-state index contributed by atoms with van der Waals surface area (Å²) in [4.78, 5) is 8.42. The minimum absolute atomic E-state index is 0.771. The highest BCUT2D eigenvalue weighted by atomic mass is 32.1. The molecular formula is C11H14N4S. The van der Waals surface area contributed by atoms with E-state index in [2.05, 4.69) is 33.5 Å². The third-order valence-corrected chi connectivity index (χ3v) is 3.06. The molecule has 0 aliphatic rings. The first-order chi connectivity index (χ1) is 7.79. The number of hydrogen-bond acceptors (Lipinski definition) is 5. The maximum atomic E-state index is 4.35. The highest BCUT2D eigenvalue weighted by Crippen LogP contribution is 2.13. The summed E-state index contributed by atoms with van der Waals surface area (Å²) < 4.78 is 4.23. The van der Waals surface area contributed by atoms with Gasteiger partial charge >= 0.3 is 0 Å². The minimum Gasteiger partial charge on any atom is -0.356 e. The molecule has 0 aliphatic carbocycles. The second-order valence-corrected chi connectivity index (χ2v) is 4.28. The van der Waals surface area contributed by atoms with Gasteiger partial charge in [-0.1, -0.05) is 6.92 Å². The Hall–Kier alpha value is -1.49. The lowest BCUT2D eigenvalue weighted by molar-refractivity contribution is 0.990. The minimum atomic E-state index is 0.771. The molecule has 0 spiro atoms. The fourth-order valence-electron chi connectivity index (χ4n) is 1.34. The molecule has 0 bridgehead atoms. The summed E-state index contributed by atoms with van der Waals surface area (Å²) in [5.74, 6) is 0.902. The third-order valence-electron chi connectivity index (χ3n) is 2.35. The zero-order chi connectivity index (χ0) is 11.4. The summed E-state index contributed by atoms with van der Waals surface area (Å²) in [6.07, 6.45) is 4.56. The lowest BCUT2D eigenvalue weighted by Crippen LogP contribution is -2.01. The van der Waals surface area contributed by atoms with E-state index in [1.807, 2.05) is 18.5 Å². The van der Waals surface area contributed by atoms with Crippen molar-refractivity contribution in [2.45, 2.75) is 26.8 Å². The molecule has 0 saturated heterocycles. The number of hydrogen-bond donors (Lipinski definition) is 1. The molecule has 0 aromatic carbocycles. The van der Waals surface area contributed by atoms with Crippen molar-refractivity contribution in [3.63, 3.8) is 0 Å². The molecular weight excluding hydrogens is 220 g/mol. The number of nitrogens with zero attached hydrogens (tertiary/aromatic N) is 3. The third kappa shape index (κ3) is 2.55. The molecule has 1 N–H and O–H groups in total. The van der Waals surface area contributed by atoms with Gasteiger partial charge in [-0.05, 0) is 24.1 Å². The van der Waals surface area contributed by atoms with Gasteiger partial charge in [0.25, 0.3) is 0 Å². The summed E-state index contributed by atoms with van der Waals surface area (Å²) in [6.45, 7) is 4.88. The first-order valence-electron chi connectivity index (χ1n) is 5.25. The number of aryl methyl sites for hydroxylation is 2. The van der Waals surface area contributed by atoms with Crippen molar-refractivity contribution in [3.8, 4) is 0 Å². The first-order valence-corrected chi connectivity index (χ1v) is 6.03. The van der Waals surface area contributed by atoms with Gasteiger partial charge in [0.15, 0.2) is 0 Å². The summed E-state index contributed by atoms with van der Waals surface area (Å²) in [7, 11) is 0. The largest absolute Gasteiger partial charge is 0.356 e. The topological polar surface area (TPSA) is 50.7 Å². The predicted molar refractivity (Wildman–Crippen MR) is 65.6 cm³/mol. The molecule has 84 valence electrons. The van der Waals surface area contributed by atoms with Gasteiger partial charge in [-0.3, -0.25) is 4.98 Å². The maximum absolute atomic E-state index is 4.35. The molecule has 0 amide bonds. The molecule has 2 aromatic rings. The Kier molecular flexibility index (Phi) is 3.46. The van der Waals surface area contributed by atoms with Gasteiger partial charge in [0.05, 0.1) is 0 Å². The van der Waals surface area contributed by atoms with Crippen LogP contribution >= 0.6 is 11.5 Å². The quantitative estimate of drug-likeness (QED) is 0.882. The molecule has 0 aliphatic heterocycles. The van der Waals surface area contributed by atoms with Crippen LogP contribution in [0.2, 0.25) is 0 Å². The van der Waals surface area contributed by atoms with E-state index in [1.165, 1.54) is 22.7 Å². The van der Waals surface area contributed by atoms with Crippen LogP contribution in [0.3, 0.4) is 0 Å². The standard InChI is InChI=1S/C11H14N4S/c1-3-10-14-11(16-15-10)13-7-9-4-5-12-6-8(9)2/h4-6H,3,7H2,1-2H3,(H,13,14,15). The van der Waals surface area contributed by atoms with Crippen LogP contribution in [0.4, 0.5) is 5.13 Å². The molecule has 4 nitrogen and oxygen atoms in total. The number of pyridine rings is 1. The van der Waals surface area contributed by atoms with Crippen LogP contribution in [0, 0.1) is 6.92 Å². The van der Waals surface area contributed by atoms with Crippen LogP contribution in [0.15, 0.2) is 18.5 Å².